The maximum Gasteiger partial charge on any atom is 0.123 e. The van der Waals surface area contributed by atoms with Crippen molar-refractivity contribution in [2.75, 3.05) is 13.7 Å². The van der Waals surface area contributed by atoms with Gasteiger partial charge in [-0.2, -0.15) is 0 Å². The van der Waals surface area contributed by atoms with Gasteiger partial charge in [0, 0.05) is 11.6 Å². The molecule has 2 nitrogen and oxygen atoms in total. The maximum atomic E-state index is 5.55. The largest absolute Gasteiger partial charge is 0.496 e. The first-order chi connectivity index (χ1) is 9.74. The molecule has 1 N–H and O–H groups in total. The Hall–Kier alpha value is -1.80. The van der Waals surface area contributed by atoms with Crippen LogP contribution in [0.5, 0.6) is 5.75 Å². The van der Waals surface area contributed by atoms with Crippen molar-refractivity contribution in [2.24, 2.45) is 0 Å². The fourth-order valence-electron chi connectivity index (χ4n) is 2.49. The van der Waals surface area contributed by atoms with E-state index in [4.69, 9.17) is 4.74 Å². The Labute approximate surface area is 121 Å². The van der Waals surface area contributed by atoms with Gasteiger partial charge in [0.1, 0.15) is 5.75 Å². The summed E-state index contributed by atoms with van der Waals surface area (Å²) in [5.41, 5.74) is 3.78. The van der Waals surface area contributed by atoms with Crippen molar-refractivity contribution in [3.05, 3.63) is 65.2 Å². The Kier molecular flexibility index (Phi) is 5.19. The van der Waals surface area contributed by atoms with Crippen LogP contribution in [0.4, 0.5) is 0 Å². The molecule has 2 aromatic carbocycles. The Morgan fingerprint density at radius 2 is 1.85 bits per heavy atom. The van der Waals surface area contributed by atoms with Gasteiger partial charge in [0.25, 0.3) is 0 Å². The van der Waals surface area contributed by atoms with E-state index >= 15 is 0 Å². The molecule has 0 aliphatic rings. The molecular weight excluding hydrogens is 246 g/mol. The molecule has 2 heteroatoms. The second kappa shape index (κ2) is 7.11. The summed E-state index contributed by atoms with van der Waals surface area (Å²) in [4.78, 5) is 0. The molecule has 0 radical (unpaired) electrons. The third-order valence-corrected chi connectivity index (χ3v) is 3.50. The summed E-state index contributed by atoms with van der Waals surface area (Å²) in [5, 5.41) is 3.56. The topological polar surface area (TPSA) is 21.3 Å². The smallest absolute Gasteiger partial charge is 0.123 e. The van der Waals surface area contributed by atoms with Gasteiger partial charge in [-0.15, -0.1) is 0 Å². The minimum Gasteiger partial charge on any atom is -0.496 e. The average Bonchev–Trinajstić information content (AvgIpc) is 2.48. The highest BCUT2D eigenvalue weighted by Gasteiger charge is 2.15. The third-order valence-electron chi connectivity index (χ3n) is 3.50. The molecular formula is C18H23NO. The summed E-state index contributed by atoms with van der Waals surface area (Å²) < 4.78 is 5.55. The molecule has 0 saturated heterocycles. The van der Waals surface area contributed by atoms with Crippen molar-refractivity contribution in [2.45, 2.75) is 26.3 Å². The molecule has 0 heterocycles. The van der Waals surface area contributed by atoms with Crippen LogP contribution in [0.3, 0.4) is 0 Å². The van der Waals surface area contributed by atoms with Gasteiger partial charge in [-0.3, -0.25) is 0 Å². The monoisotopic (exact) mass is 269 g/mol. The molecule has 0 aromatic heterocycles. The minimum absolute atomic E-state index is 0.276. The van der Waals surface area contributed by atoms with E-state index in [2.05, 4.69) is 67.7 Å². The van der Waals surface area contributed by atoms with Gasteiger partial charge in [0.05, 0.1) is 7.11 Å². The second-order valence-corrected chi connectivity index (χ2v) is 5.05. The van der Waals surface area contributed by atoms with E-state index < -0.39 is 0 Å². The first-order valence-corrected chi connectivity index (χ1v) is 7.16. The number of nitrogens with one attached hydrogen (secondary N) is 1. The van der Waals surface area contributed by atoms with Crippen LogP contribution in [-0.2, 0) is 6.42 Å². The zero-order valence-corrected chi connectivity index (χ0v) is 12.5. The van der Waals surface area contributed by atoms with Crippen molar-refractivity contribution in [3.63, 3.8) is 0 Å². The van der Waals surface area contributed by atoms with Crippen molar-refractivity contribution in [1.29, 1.82) is 0 Å². The number of rotatable bonds is 6. The summed E-state index contributed by atoms with van der Waals surface area (Å²) in [7, 11) is 1.74. The van der Waals surface area contributed by atoms with Crippen molar-refractivity contribution in [3.8, 4) is 5.75 Å². The number of aryl methyl sites for hydroxylation is 1. The lowest BCUT2D eigenvalue weighted by Crippen LogP contribution is -2.23. The molecule has 106 valence electrons. The molecule has 0 amide bonds. The second-order valence-electron chi connectivity index (χ2n) is 5.05. The number of methoxy groups -OCH3 is 1. The predicted molar refractivity (Wildman–Crippen MR) is 84.3 cm³/mol. The molecule has 1 atom stereocenters. The molecule has 0 spiro atoms. The van der Waals surface area contributed by atoms with Crippen LogP contribution in [0.2, 0.25) is 0 Å². The van der Waals surface area contributed by atoms with E-state index in [-0.39, 0.29) is 6.04 Å². The lowest BCUT2D eigenvalue weighted by molar-refractivity contribution is 0.399. The molecule has 2 aromatic rings. The van der Waals surface area contributed by atoms with E-state index in [9.17, 15) is 0 Å². The zero-order chi connectivity index (χ0) is 14.4. The number of benzene rings is 2. The van der Waals surface area contributed by atoms with E-state index in [1.807, 2.05) is 0 Å². The van der Waals surface area contributed by atoms with E-state index in [0.717, 1.165) is 18.7 Å². The number of hydrogen-bond donors (Lipinski definition) is 1. The fourth-order valence-corrected chi connectivity index (χ4v) is 2.49. The Morgan fingerprint density at radius 1 is 1.10 bits per heavy atom. The van der Waals surface area contributed by atoms with Crippen molar-refractivity contribution < 1.29 is 4.74 Å². The molecule has 0 fully saturated rings. The van der Waals surface area contributed by atoms with Crippen LogP contribution in [0, 0.1) is 6.92 Å². The highest BCUT2D eigenvalue weighted by atomic mass is 16.5. The molecule has 20 heavy (non-hydrogen) atoms. The molecule has 0 aliphatic carbocycles. The quantitative estimate of drug-likeness (QED) is 0.859. The summed E-state index contributed by atoms with van der Waals surface area (Å²) >= 11 is 0. The SMILES string of the molecule is CCNC(Cc1ccccc1)c1ccc(C)cc1OC. The minimum atomic E-state index is 0.276. The Balaban J connectivity index is 2.28. The first-order valence-electron chi connectivity index (χ1n) is 7.16. The fraction of sp³-hybridized carbons (Fsp3) is 0.333. The first kappa shape index (κ1) is 14.6. The van der Waals surface area contributed by atoms with Gasteiger partial charge < -0.3 is 10.1 Å². The molecule has 1 unspecified atom stereocenters. The molecule has 0 aliphatic heterocycles. The normalized spacial score (nSPS) is 12.2. The molecule has 0 saturated carbocycles. The highest BCUT2D eigenvalue weighted by Crippen LogP contribution is 2.28. The van der Waals surface area contributed by atoms with E-state index in [1.165, 1.54) is 16.7 Å². The van der Waals surface area contributed by atoms with Crippen LogP contribution >= 0.6 is 0 Å². The predicted octanol–water partition coefficient (Wildman–Crippen LogP) is 3.90. The summed E-state index contributed by atoms with van der Waals surface area (Å²) in [6.07, 6.45) is 0.966. The molecule has 0 bridgehead atoms. The third kappa shape index (κ3) is 3.61. The van der Waals surface area contributed by atoms with Gasteiger partial charge in [0.15, 0.2) is 0 Å². The van der Waals surface area contributed by atoms with Crippen molar-refractivity contribution >= 4 is 0 Å². The highest BCUT2D eigenvalue weighted by molar-refractivity contribution is 5.40. The van der Waals surface area contributed by atoms with Gasteiger partial charge in [0.2, 0.25) is 0 Å². The number of ether oxygens (including phenoxy) is 1. The summed E-state index contributed by atoms with van der Waals surface area (Å²) in [6, 6.07) is 17.3. The summed E-state index contributed by atoms with van der Waals surface area (Å²) in [6.45, 7) is 5.17. The standard InChI is InChI=1S/C18H23NO/c1-4-19-17(13-15-8-6-5-7-9-15)16-11-10-14(2)12-18(16)20-3/h5-12,17,19H,4,13H2,1-3H3. The van der Waals surface area contributed by atoms with Crippen LogP contribution in [0.1, 0.15) is 29.7 Å². The lowest BCUT2D eigenvalue weighted by Gasteiger charge is -2.21. The zero-order valence-electron chi connectivity index (χ0n) is 12.5. The number of hydrogen-bond acceptors (Lipinski definition) is 2. The number of likely N-dealkylation sites (N-methyl/N-ethyl adjacent to an activating group) is 1. The van der Waals surface area contributed by atoms with Crippen LogP contribution in [-0.4, -0.2) is 13.7 Å². The Morgan fingerprint density at radius 3 is 2.50 bits per heavy atom. The maximum absolute atomic E-state index is 5.55. The Bertz CT molecular complexity index is 536. The van der Waals surface area contributed by atoms with Gasteiger partial charge in [-0.25, -0.2) is 0 Å². The average molecular weight is 269 g/mol. The van der Waals surface area contributed by atoms with E-state index in [0.29, 0.717) is 0 Å². The van der Waals surface area contributed by atoms with E-state index in [1.54, 1.807) is 7.11 Å². The lowest BCUT2D eigenvalue weighted by atomic mass is 9.97. The molecule has 2 rings (SSSR count). The summed E-state index contributed by atoms with van der Waals surface area (Å²) in [5.74, 6) is 0.965. The van der Waals surface area contributed by atoms with Crippen molar-refractivity contribution in [1.82, 2.24) is 5.32 Å². The van der Waals surface area contributed by atoms with Gasteiger partial charge >= 0.3 is 0 Å². The van der Waals surface area contributed by atoms with Crippen LogP contribution in [0.15, 0.2) is 48.5 Å². The van der Waals surface area contributed by atoms with Crippen LogP contribution < -0.4 is 10.1 Å². The van der Waals surface area contributed by atoms with Gasteiger partial charge in [-0.1, -0.05) is 49.4 Å². The van der Waals surface area contributed by atoms with Crippen LogP contribution in [0.25, 0.3) is 0 Å². The van der Waals surface area contributed by atoms with Gasteiger partial charge in [-0.05, 0) is 37.1 Å².